The number of amides is 2. The highest BCUT2D eigenvalue weighted by molar-refractivity contribution is 7.92. The Morgan fingerprint density at radius 3 is 2.21 bits per heavy atom. The van der Waals surface area contributed by atoms with E-state index in [-0.39, 0.29) is 17.3 Å². The Kier molecular flexibility index (Phi) is 10.4. The van der Waals surface area contributed by atoms with Gasteiger partial charge >= 0.3 is 0 Å². The van der Waals surface area contributed by atoms with Gasteiger partial charge in [-0.3, -0.25) is 13.9 Å². The van der Waals surface area contributed by atoms with Gasteiger partial charge in [-0.15, -0.1) is 0 Å². The number of nitrogens with zero attached hydrogens (tertiary/aromatic N) is 2. The molecule has 1 N–H and O–H groups in total. The minimum atomic E-state index is -4.12. The van der Waals surface area contributed by atoms with E-state index in [2.05, 4.69) is 5.32 Å². The van der Waals surface area contributed by atoms with Crippen LogP contribution in [0.4, 0.5) is 5.69 Å². The summed E-state index contributed by atoms with van der Waals surface area (Å²) in [5.74, 6) is -0.851. The van der Waals surface area contributed by atoms with Crippen LogP contribution in [0.25, 0.3) is 0 Å². The monoisotopic (exact) mass is 589 g/mol. The maximum atomic E-state index is 14.0. The number of carbonyl (C=O) groups excluding carboxylic acids is 2. The first-order valence-electron chi connectivity index (χ1n) is 12.7. The molecule has 0 saturated heterocycles. The normalized spacial score (nSPS) is 12.1. The Balaban J connectivity index is 2.09. The number of benzene rings is 3. The summed E-state index contributed by atoms with van der Waals surface area (Å²) in [7, 11) is -4.12. The van der Waals surface area contributed by atoms with Gasteiger partial charge in [0, 0.05) is 13.1 Å². The maximum absolute atomic E-state index is 14.0. The quantitative estimate of drug-likeness (QED) is 0.308. The van der Waals surface area contributed by atoms with E-state index in [0.717, 1.165) is 9.87 Å². The molecule has 0 aromatic heterocycles. The number of sulfonamides is 1. The molecular weight excluding hydrogens is 557 g/mol. The molecule has 0 bridgehead atoms. The Morgan fingerprint density at radius 1 is 0.923 bits per heavy atom. The van der Waals surface area contributed by atoms with Gasteiger partial charge in [0.2, 0.25) is 11.8 Å². The zero-order valence-corrected chi connectivity index (χ0v) is 24.8. The largest absolute Gasteiger partial charge is 0.355 e. The van der Waals surface area contributed by atoms with Crippen LogP contribution in [-0.4, -0.2) is 44.3 Å². The lowest BCUT2D eigenvalue weighted by Crippen LogP contribution is -2.52. The molecule has 0 fully saturated rings. The van der Waals surface area contributed by atoms with Gasteiger partial charge in [0.05, 0.1) is 20.6 Å². The number of hydrogen-bond acceptors (Lipinski definition) is 4. The van der Waals surface area contributed by atoms with Crippen molar-refractivity contribution >= 4 is 50.7 Å². The van der Waals surface area contributed by atoms with Crippen LogP contribution in [0, 0.1) is 13.8 Å². The van der Waals surface area contributed by atoms with Crippen molar-refractivity contribution in [2.24, 2.45) is 0 Å². The van der Waals surface area contributed by atoms with Crippen LogP contribution in [0.1, 0.15) is 37.0 Å². The molecule has 3 rings (SSSR count). The van der Waals surface area contributed by atoms with Crippen molar-refractivity contribution in [3.63, 3.8) is 0 Å². The molecule has 7 nitrogen and oxygen atoms in total. The molecule has 0 saturated carbocycles. The molecule has 1 atom stereocenters. The van der Waals surface area contributed by atoms with Gasteiger partial charge in [-0.2, -0.15) is 0 Å². The third-order valence-electron chi connectivity index (χ3n) is 6.30. The van der Waals surface area contributed by atoms with E-state index in [9.17, 15) is 18.0 Å². The first kappa shape index (κ1) is 30.5. The van der Waals surface area contributed by atoms with E-state index >= 15 is 0 Å². The van der Waals surface area contributed by atoms with Crippen LogP contribution in [-0.2, 0) is 26.2 Å². The van der Waals surface area contributed by atoms with Crippen molar-refractivity contribution in [1.82, 2.24) is 10.2 Å². The highest BCUT2D eigenvalue weighted by Crippen LogP contribution is 2.29. The molecule has 208 valence electrons. The van der Waals surface area contributed by atoms with E-state index < -0.39 is 28.5 Å². The molecule has 3 aromatic rings. The van der Waals surface area contributed by atoms with E-state index in [1.807, 2.05) is 13.0 Å². The lowest BCUT2D eigenvalue weighted by molar-refractivity contribution is -0.140. The van der Waals surface area contributed by atoms with Crippen molar-refractivity contribution in [2.75, 3.05) is 17.4 Å². The molecule has 0 aliphatic rings. The highest BCUT2D eigenvalue weighted by atomic mass is 35.5. The highest BCUT2D eigenvalue weighted by Gasteiger charge is 2.34. The number of carbonyl (C=O) groups is 2. The standard InChI is InChI=1S/C29H33Cl2N3O4S/c1-5-26(29(36)32-6-2)33(18-22-13-14-24(30)25(31)17-22)28(35)19-34(27-15-12-20(3)16-21(27)4)39(37,38)23-10-8-7-9-11-23/h7-17,26H,5-6,18-19H2,1-4H3,(H,32,36)/t26-/m0/s1. The molecule has 10 heteroatoms. The van der Waals surface area contributed by atoms with Gasteiger partial charge in [0.1, 0.15) is 12.6 Å². The van der Waals surface area contributed by atoms with Gasteiger partial charge < -0.3 is 10.2 Å². The number of rotatable bonds is 11. The second-order valence-corrected chi connectivity index (χ2v) is 11.9. The Morgan fingerprint density at radius 2 is 1.62 bits per heavy atom. The summed E-state index contributed by atoms with van der Waals surface area (Å²) >= 11 is 12.3. The summed E-state index contributed by atoms with van der Waals surface area (Å²) in [6.07, 6.45) is 0.327. The van der Waals surface area contributed by atoms with Gasteiger partial charge in [-0.05, 0) is 68.7 Å². The molecule has 0 unspecified atom stereocenters. The third kappa shape index (κ3) is 7.32. The molecule has 39 heavy (non-hydrogen) atoms. The van der Waals surface area contributed by atoms with Crippen molar-refractivity contribution < 1.29 is 18.0 Å². The molecule has 2 amide bonds. The summed E-state index contributed by atoms with van der Waals surface area (Å²) in [5.41, 5.74) is 2.71. The molecule has 0 aliphatic heterocycles. The molecule has 0 aliphatic carbocycles. The fraction of sp³-hybridized carbons (Fsp3) is 0.310. The number of hydrogen-bond donors (Lipinski definition) is 1. The van der Waals surface area contributed by atoms with E-state index in [1.165, 1.54) is 17.0 Å². The van der Waals surface area contributed by atoms with Crippen LogP contribution < -0.4 is 9.62 Å². The fourth-order valence-electron chi connectivity index (χ4n) is 4.36. The topological polar surface area (TPSA) is 86.8 Å². The predicted molar refractivity (Wildman–Crippen MR) is 157 cm³/mol. The van der Waals surface area contributed by atoms with Gasteiger partial charge in [0.15, 0.2) is 0 Å². The summed E-state index contributed by atoms with van der Waals surface area (Å²) < 4.78 is 28.9. The first-order valence-corrected chi connectivity index (χ1v) is 14.8. The Labute approximate surface area is 240 Å². The van der Waals surface area contributed by atoms with E-state index in [1.54, 1.807) is 69.3 Å². The van der Waals surface area contributed by atoms with Crippen LogP contribution in [0.5, 0.6) is 0 Å². The Bertz CT molecular complexity index is 1430. The smallest absolute Gasteiger partial charge is 0.264 e. The second-order valence-electron chi connectivity index (χ2n) is 9.20. The van der Waals surface area contributed by atoms with Crippen LogP contribution in [0.2, 0.25) is 10.0 Å². The summed E-state index contributed by atoms with van der Waals surface area (Å²) in [6.45, 7) is 7.24. The summed E-state index contributed by atoms with van der Waals surface area (Å²) in [5, 5.41) is 3.46. The van der Waals surface area contributed by atoms with Gasteiger partial charge in [0.25, 0.3) is 10.0 Å². The van der Waals surface area contributed by atoms with E-state index in [0.29, 0.717) is 39.8 Å². The van der Waals surface area contributed by atoms with E-state index in [4.69, 9.17) is 23.2 Å². The zero-order valence-electron chi connectivity index (χ0n) is 22.4. The van der Waals surface area contributed by atoms with Crippen molar-refractivity contribution in [1.29, 1.82) is 0 Å². The molecule has 0 radical (unpaired) electrons. The zero-order chi connectivity index (χ0) is 28.7. The lowest BCUT2D eigenvalue weighted by atomic mass is 10.1. The summed E-state index contributed by atoms with van der Waals surface area (Å²) in [6, 6.07) is 17.5. The van der Waals surface area contributed by atoms with Crippen LogP contribution >= 0.6 is 23.2 Å². The third-order valence-corrected chi connectivity index (χ3v) is 8.82. The molecular formula is C29H33Cl2N3O4S. The summed E-state index contributed by atoms with van der Waals surface area (Å²) in [4.78, 5) is 28.5. The number of aryl methyl sites for hydroxylation is 2. The second kappa shape index (κ2) is 13.3. The van der Waals surface area contributed by atoms with Crippen LogP contribution in [0.3, 0.4) is 0 Å². The molecule has 0 spiro atoms. The van der Waals surface area contributed by atoms with Crippen molar-refractivity contribution in [3.05, 3.63) is 93.5 Å². The van der Waals surface area contributed by atoms with Crippen molar-refractivity contribution in [3.8, 4) is 0 Å². The molecule has 0 heterocycles. The van der Waals surface area contributed by atoms with Crippen LogP contribution in [0.15, 0.2) is 71.6 Å². The van der Waals surface area contributed by atoms with Gasteiger partial charge in [-0.1, -0.05) is 72.1 Å². The number of nitrogens with one attached hydrogen (secondary N) is 1. The predicted octanol–water partition coefficient (Wildman–Crippen LogP) is 5.75. The van der Waals surface area contributed by atoms with Gasteiger partial charge in [-0.25, -0.2) is 8.42 Å². The number of anilines is 1. The number of halogens is 2. The number of likely N-dealkylation sites (N-methyl/N-ethyl adjacent to an activating group) is 1. The average molecular weight is 591 g/mol. The minimum Gasteiger partial charge on any atom is -0.355 e. The molecule has 3 aromatic carbocycles. The average Bonchev–Trinajstić information content (AvgIpc) is 2.90. The Hall–Kier alpha value is -3.07. The van der Waals surface area contributed by atoms with Crippen molar-refractivity contribution in [2.45, 2.75) is 51.6 Å². The SMILES string of the molecule is CCNC(=O)[C@H](CC)N(Cc1ccc(Cl)c(Cl)c1)C(=O)CN(c1ccc(C)cc1C)S(=O)(=O)c1ccccc1. The fourth-order valence-corrected chi connectivity index (χ4v) is 6.18. The minimum absolute atomic E-state index is 0.0392. The maximum Gasteiger partial charge on any atom is 0.264 e. The lowest BCUT2D eigenvalue weighted by Gasteiger charge is -2.33. The first-order chi connectivity index (χ1) is 18.5.